The molecular formula is C18H17ClN4O3S3. The number of carbonyl (C=O) groups excluding carboxylic acids is 1. The number of rotatable bonds is 7. The van der Waals surface area contributed by atoms with Crippen molar-refractivity contribution < 1.29 is 13.2 Å². The molecule has 152 valence electrons. The third-order valence-electron chi connectivity index (χ3n) is 3.77. The number of hydrogen-bond donors (Lipinski definition) is 2. The van der Waals surface area contributed by atoms with E-state index >= 15 is 0 Å². The van der Waals surface area contributed by atoms with Gasteiger partial charge in [-0.1, -0.05) is 59.8 Å². The highest BCUT2D eigenvalue weighted by Gasteiger charge is 2.21. The summed E-state index contributed by atoms with van der Waals surface area (Å²) in [4.78, 5) is 12.4. The number of sulfonamides is 1. The Balaban J connectivity index is 1.85. The molecule has 1 amide bonds. The first-order valence-corrected chi connectivity index (χ1v) is 12.1. The van der Waals surface area contributed by atoms with E-state index in [4.69, 9.17) is 11.6 Å². The number of aromatic nitrogens is 2. The summed E-state index contributed by atoms with van der Waals surface area (Å²) in [5, 5.41) is 10.9. The predicted molar refractivity (Wildman–Crippen MR) is 118 cm³/mol. The number of nitrogens with one attached hydrogen (secondary N) is 2. The van der Waals surface area contributed by atoms with Crippen molar-refractivity contribution in [2.24, 2.45) is 0 Å². The van der Waals surface area contributed by atoms with Gasteiger partial charge in [-0.05, 0) is 42.5 Å². The molecule has 0 aliphatic heterocycles. The Morgan fingerprint density at radius 1 is 1.21 bits per heavy atom. The van der Waals surface area contributed by atoms with Crippen molar-refractivity contribution in [3.8, 4) is 0 Å². The first kappa shape index (κ1) is 21.6. The van der Waals surface area contributed by atoms with Gasteiger partial charge in [0.2, 0.25) is 5.13 Å². The van der Waals surface area contributed by atoms with E-state index in [0.717, 1.165) is 15.7 Å². The average molecular weight is 469 g/mol. The van der Waals surface area contributed by atoms with Crippen LogP contribution in [0, 0.1) is 6.92 Å². The van der Waals surface area contributed by atoms with Gasteiger partial charge in [0.1, 0.15) is 4.90 Å². The number of thioether (sulfide) groups is 1. The quantitative estimate of drug-likeness (QED) is 0.386. The van der Waals surface area contributed by atoms with Crippen LogP contribution in [0.1, 0.15) is 22.8 Å². The monoisotopic (exact) mass is 468 g/mol. The average Bonchev–Trinajstić information content (AvgIpc) is 3.11. The number of amides is 1. The minimum Gasteiger partial charge on any atom is -0.296 e. The Bertz CT molecular complexity index is 1150. The summed E-state index contributed by atoms with van der Waals surface area (Å²) >= 11 is 8.88. The van der Waals surface area contributed by atoms with Crippen molar-refractivity contribution in [3.63, 3.8) is 0 Å². The number of anilines is 2. The van der Waals surface area contributed by atoms with Crippen molar-refractivity contribution >= 4 is 61.4 Å². The Hall–Kier alpha value is -2.14. The fourth-order valence-electron chi connectivity index (χ4n) is 2.35. The molecule has 0 saturated carbocycles. The number of nitrogens with zero attached hydrogens (tertiary/aromatic N) is 2. The summed E-state index contributed by atoms with van der Waals surface area (Å²) in [6.07, 6.45) is 0. The lowest BCUT2D eigenvalue weighted by molar-refractivity contribution is 0.102. The summed E-state index contributed by atoms with van der Waals surface area (Å²) < 4.78 is 28.9. The normalized spacial score (nSPS) is 11.3. The molecule has 11 heteroatoms. The summed E-state index contributed by atoms with van der Waals surface area (Å²) in [7, 11) is -3.99. The van der Waals surface area contributed by atoms with Crippen LogP contribution >= 0.6 is 34.7 Å². The highest BCUT2D eigenvalue weighted by Crippen LogP contribution is 2.28. The second-order valence-electron chi connectivity index (χ2n) is 5.83. The van der Waals surface area contributed by atoms with Crippen molar-refractivity contribution in [2.45, 2.75) is 23.1 Å². The van der Waals surface area contributed by atoms with Crippen molar-refractivity contribution in [3.05, 3.63) is 58.6 Å². The van der Waals surface area contributed by atoms with Gasteiger partial charge in [0.15, 0.2) is 4.34 Å². The molecule has 0 fully saturated rings. The van der Waals surface area contributed by atoms with E-state index in [1.807, 2.05) is 13.0 Å². The lowest BCUT2D eigenvalue weighted by Gasteiger charge is -2.12. The lowest BCUT2D eigenvalue weighted by atomic mass is 10.2. The number of halogens is 1. The third-order valence-corrected chi connectivity index (χ3v) is 7.47. The van der Waals surface area contributed by atoms with Crippen LogP contribution < -0.4 is 10.0 Å². The molecular weight excluding hydrogens is 452 g/mol. The molecule has 0 unspecified atom stereocenters. The van der Waals surface area contributed by atoms with Crippen molar-refractivity contribution in [1.82, 2.24) is 10.2 Å². The first-order valence-electron chi connectivity index (χ1n) is 8.46. The zero-order chi connectivity index (χ0) is 21.0. The Kier molecular flexibility index (Phi) is 6.78. The topological polar surface area (TPSA) is 101 Å². The minimum absolute atomic E-state index is 0.0141. The standard InChI is InChI=1S/C18H17ClN4O3S3/c1-3-27-18-22-21-17(28-18)20-16(24)12-8-9-13(19)15(10-12)29(25,26)23-14-7-5-4-6-11(14)2/h4-10,23H,3H2,1-2H3,(H,20,21,24). The van der Waals surface area contributed by atoms with Gasteiger partial charge in [0.05, 0.1) is 10.7 Å². The van der Waals surface area contributed by atoms with Crippen LogP contribution in [0.5, 0.6) is 0 Å². The SMILES string of the molecule is CCSc1nnc(NC(=O)c2ccc(Cl)c(S(=O)(=O)Nc3ccccc3C)c2)s1. The first-order chi connectivity index (χ1) is 13.8. The maximum Gasteiger partial charge on any atom is 0.263 e. The smallest absolute Gasteiger partial charge is 0.263 e. The third kappa shape index (κ3) is 5.27. The van der Waals surface area contributed by atoms with Crippen LogP contribution in [0.4, 0.5) is 10.8 Å². The molecule has 0 saturated heterocycles. The Labute approximate surface area is 182 Å². The number of hydrogen-bond acceptors (Lipinski definition) is 7. The molecule has 1 heterocycles. The summed E-state index contributed by atoms with van der Waals surface area (Å²) in [6, 6.07) is 11.0. The van der Waals surface area contributed by atoms with E-state index in [1.165, 1.54) is 41.3 Å². The maximum atomic E-state index is 12.8. The number of para-hydroxylation sites is 1. The molecule has 0 spiro atoms. The molecule has 1 aromatic heterocycles. The summed E-state index contributed by atoms with van der Waals surface area (Å²) in [6.45, 7) is 3.78. The zero-order valence-corrected chi connectivity index (χ0v) is 18.7. The predicted octanol–water partition coefficient (Wildman–Crippen LogP) is 4.67. The van der Waals surface area contributed by atoms with Gasteiger partial charge in [0, 0.05) is 5.56 Å². The molecule has 0 aliphatic rings. The molecule has 3 rings (SSSR count). The van der Waals surface area contributed by atoms with Crippen LogP contribution in [0.15, 0.2) is 51.7 Å². The molecule has 7 nitrogen and oxygen atoms in total. The van der Waals surface area contributed by atoms with Gasteiger partial charge in [-0.2, -0.15) is 0 Å². The molecule has 3 aromatic rings. The van der Waals surface area contributed by atoms with Gasteiger partial charge in [-0.25, -0.2) is 8.42 Å². The highest BCUT2D eigenvalue weighted by atomic mass is 35.5. The fraction of sp³-hybridized carbons (Fsp3) is 0.167. The van der Waals surface area contributed by atoms with E-state index in [0.29, 0.717) is 10.8 Å². The van der Waals surface area contributed by atoms with Crippen LogP contribution in [0.25, 0.3) is 0 Å². The molecule has 0 atom stereocenters. The largest absolute Gasteiger partial charge is 0.296 e. The van der Waals surface area contributed by atoms with Gasteiger partial charge in [0.25, 0.3) is 15.9 Å². The molecule has 2 aromatic carbocycles. The summed E-state index contributed by atoms with van der Waals surface area (Å²) in [5.41, 5.74) is 1.34. The molecule has 2 N–H and O–H groups in total. The minimum atomic E-state index is -3.99. The van der Waals surface area contributed by atoms with E-state index < -0.39 is 15.9 Å². The Morgan fingerprint density at radius 3 is 2.69 bits per heavy atom. The number of benzene rings is 2. The number of carbonyl (C=O) groups is 1. The molecule has 0 radical (unpaired) electrons. The Morgan fingerprint density at radius 2 is 1.97 bits per heavy atom. The van der Waals surface area contributed by atoms with Gasteiger partial charge in [-0.15, -0.1) is 10.2 Å². The number of aryl methyl sites for hydroxylation is 1. The fourth-order valence-corrected chi connectivity index (χ4v) is 5.65. The lowest BCUT2D eigenvalue weighted by Crippen LogP contribution is -2.17. The summed E-state index contributed by atoms with van der Waals surface area (Å²) in [5.74, 6) is 0.340. The molecule has 0 bridgehead atoms. The second kappa shape index (κ2) is 9.12. The van der Waals surface area contributed by atoms with Crippen LogP contribution in [0.3, 0.4) is 0 Å². The zero-order valence-electron chi connectivity index (χ0n) is 15.5. The second-order valence-corrected chi connectivity index (χ2v) is 10.4. The van der Waals surface area contributed by atoms with Gasteiger partial charge < -0.3 is 0 Å². The van der Waals surface area contributed by atoms with Crippen molar-refractivity contribution in [2.75, 3.05) is 15.8 Å². The van der Waals surface area contributed by atoms with Crippen molar-refractivity contribution in [1.29, 1.82) is 0 Å². The van der Waals surface area contributed by atoms with Crippen LogP contribution in [-0.2, 0) is 10.0 Å². The van der Waals surface area contributed by atoms with Gasteiger partial charge >= 0.3 is 0 Å². The molecule has 29 heavy (non-hydrogen) atoms. The van der Waals surface area contributed by atoms with Crippen LogP contribution in [-0.4, -0.2) is 30.3 Å². The highest BCUT2D eigenvalue weighted by molar-refractivity contribution is 8.01. The van der Waals surface area contributed by atoms with Gasteiger partial charge in [-0.3, -0.25) is 14.8 Å². The van der Waals surface area contributed by atoms with Crippen LogP contribution in [0.2, 0.25) is 5.02 Å². The molecule has 0 aliphatic carbocycles. The maximum absolute atomic E-state index is 12.8. The van der Waals surface area contributed by atoms with E-state index in [1.54, 1.807) is 25.1 Å². The van der Waals surface area contributed by atoms with E-state index in [9.17, 15) is 13.2 Å². The van der Waals surface area contributed by atoms with E-state index in [2.05, 4.69) is 20.2 Å². The van der Waals surface area contributed by atoms with E-state index in [-0.39, 0.29) is 15.5 Å².